The first-order valence-corrected chi connectivity index (χ1v) is 6.79. The van der Waals surface area contributed by atoms with E-state index >= 15 is 0 Å². The van der Waals surface area contributed by atoms with Gasteiger partial charge >= 0.3 is 0 Å². The summed E-state index contributed by atoms with van der Waals surface area (Å²) in [6.45, 7) is 1.93. The van der Waals surface area contributed by atoms with Crippen molar-refractivity contribution in [1.82, 2.24) is 5.32 Å². The van der Waals surface area contributed by atoms with Crippen LogP contribution in [0.3, 0.4) is 0 Å². The van der Waals surface area contributed by atoms with Crippen LogP contribution in [-0.2, 0) is 6.42 Å². The molecule has 2 rings (SSSR count). The molecular weight excluding hydrogens is 285 g/mol. The molecule has 1 aliphatic rings. The maximum absolute atomic E-state index is 13.1. The topological polar surface area (TPSA) is 32.3 Å². The number of aliphatic hydroxyl groups excluding tert-OH is 1. The molecule has 1 atom stereocenters. The third-order valence-corrected chi connectivity index (χ3v) is 4.14. The Labute approximate surface area is 109 Å². The zero-order chi connectivity index (χ0) is 12.3. The minimum absolute atomic E-state index is 0.249. The van der Waals surface area contributed by atoms with E-state index in [0.29, 0.717) is 12.3 Å². The molecular formula is C13H17BrFNO. The van der Waals surface area contributed by atoms with Crippen molar-refractivity contribution < 1.29 is 9.50 Å². The van der Waals surface area contributed by atoms with Gasteiger partial charge in [0.15, 0.2) is 0 Å². The van der Waals surface area contributed by atoms with E-state index in [2.05, 4.69) is 21.2 Å². The standard InChI is InChI=1S/C13H17BrFNO/c14-12-2-1-11(15)7-10(12)8-13(17)9-3-5-16-6-4-9/h1-2,7,9,13,16-17H,3-6,8H2. The molecule has 1 aromatic rings. The molecule has 1 aliphatic heterocycles. The fourth-order valence-electron chi connectivity index (χ4n) is 2.32. The molecule has 2 nitrogen and oxygen atoms in total. The molecule has 0 radical (unpaired) electrons. The lowest BCUT2D eigenvalue weighted by Crippen LogP contribution is -2.35. The van der Waals surface area contributed by atoms with E-state index in [9.17, 15) is 9.50 Å². The molecule has 1 heterocycles. The molecule has 1 unspecified atom stereocenters. The van der Waals surface area contributed by atoms with Crippen molar-refractivity contribution in [2.45, 2.75) is 25.4 Å². The second-order valence-corrected chi connectivity index (χ2v) is 5.45. The van der Waals surface area contributed by atoms with E-state index < -0.39 is 0 Å². The van der Waals surface area contributed by atoms with Crippen LogP contribution in [0.2, 0.25) is 0 Å². The SMILES string of the molecule is OC(Cc1cc(F)ccc1Br)C1CCNCC1. The van der Waals surface area contributed by atoms with E-state index in [1.54, 1.807) is 6.07 Å². The Morgan fingerprint density at radius 1 is 1.41 bits per heavy atom. The number of benzene rings is 1. The van der Waals surface area contributed by atoms with Crippen LogP contribution in [0.1, 0.15) is 18.4 Å². The van der Waals surface area contributed by atoms with Gasteiger partial charge in [-0.1, -0.05) is 15.9 Å². The molecule has 2 N–H and O–H groups in total. The van der Waals surface area contributed by atoms with Gasteiger partial charge in [0.2, 0.25) is 0 Å². The van der Waals surface area contributed by atoms with Crippen molar-refractivity contribution in [3.05, 3.63) is 34.1 Å². The Hall–Kier alpha value is -0.450. The van der Waals surface area contributed by atoms with Crippen LogP contribution in [0.15, 0.2) is 22.7 Å². The van der Waals surface area contributed by atoms with Gasteiger partial charge in [-0.15, -0.1) is 0 Å². The average molecular weight is 302 g/mol. The Balaban J connectivity index is 2.01. The Bertz CT molecular complexity index is 380. The number of piperidine rings is 1. The van der Waals surface area contributed by atoms with Gasteiger partial charge in [0, 0.05) is 4.47 Å². The summed E-state index contributed by atoms with van der Waals surface area (Å²) in [5, 5.41) is 13.4. The third kappa shape index (κ3) is 3.50. The van der Waals surface area contributed by atoms with Crippen LogP contribution in [0.25, 0.3) is 0 Å². The van der Waals surface area contributed by atoms with Gasteiger partial charge in [-0.2, -0.15) is 0 Å². The predicted octanol–water partition coefficient (Wildman–Crippen LogP) is 2.49. The van der Waals surface area contributed by atoms with E-state index in [4.69, 9.17) is 0 Å². The third-order valence-electron chi connectivity index (χ3n) is 3.36. The molecule has 1 fully saturated rings. The van der Waals surface area contributed by atoms with Crippen molar-refractivity contribution in [1.29, 1.82) is 0 Å². The maximum atomic E-state index is 13.1. The molecule has 4 heteroatoms. The minimum atomic E-state index is -0.379. The van der Waals surface area contributed by atoms with Gasteiger partial charge in [0.1, 0.15) is 5.82 Å². The summed E-state index contributed by atoms with van der Waals surface area (Å²) < 4.78 is 14.0. The number of rotatable bonds is 3. The monoisotopic (exact) mass is 301 g/mol. The van der Waals surface area contributed by atoms with Crippen molar-refractivity contribution in [2.75, 3.05) is 13.1 Å². The fraction of sp³-hybridized carbons (Fsp3) is 0.538. The molecule has 0 aliphatic carbocycles. The summed E-state index contributed by atoms with van der Waals surface area (Å²) >= 11 is 3.39. The summed E-state index contributed by atoms with van der Waals surface area (Å²) in [5.74, 6) is 0.0760. The first-order chi connectivity index (χ1) is 8.16. The highest BCUT2D eigenvalue weighted by Crippen LogP contribution is 2.24. The van der Waals surface area contributed by atoms with Crippen molar-refractivity contribution >= 4 is 15.9 Å². The zero-order valence-corrected chi connectivity index (χ0v) is 11.2. The Kier molecular flexibility index (Phi) is 4.54. The second-order valence-electron chi connectivity index (χ2n) is 4.59. The predicted molar refractivity (Wildman–Crippen MR) is 69.4 cm³/mol. The fourth-order valence-corrected chi connectivity index (χ4v) is 2.73. The number of hydrogen-bond acceptors (Lipinski definition) is 2. The van der Waals surface area contributed by atoms with Crippen LogP contribution in [0, 0.1) is 11.7 Å². The van der Waals surface area contributed by atoms with Crippen LogP contribution in [-0.4, -0.2) is 24.3 Å². The number of halogens is 2. The van der Waals surface area contributed by atoms with Gasteiger partial charge < -0.3 is 10.4 Å². The lowest BCUT2D eigenvalue weighted by molar-refractivity contribution is 0.0889. The van der Waals surface area contributed by atoms with Crippen LogP contribution in [0.4, 0.5) is 4.39 Å². The summed E-state index contributed by atoms with van der Waals surface area (Å²) in [6, 6.07) is 4.61. The van der Waals surface area contributed by atoms with Gasteiger partial charge in [-0.25, -0.2) is 4.39 Å². The minimum Gasteiger partial charge on any atom is -0.392 e. The number of hydrogen-bond donors (Lipinski definition) is 2. The zero-order valence-electron chi connectivity index (χ0n) is 9.63. The molecule has 1 aromatic carbocycles. The van der Waals surface area contributed by atoms with Crippen LogP contribution in [0.5, 0.6) is 0 Å². The molecule has 0 amide bonds. The molecule has 94 valence electrons. The summed E-state index contributed by atoms with van der Waals surface area (Å²) in [6.07, 6.45) is 2.13. The second kappa shape index (κ2) is 5.94. The normalized spacial score (nSPS) is 19.2. The molecule has 1 saturated heterocycles. The molecule has 0 aromatic heterocycles. The quantitative estimate of drug-likeness (QED) is 0.899. The molecule has 17 heavy (non-hydrogen) atoms. The van der Waals surface area contributed by atoms with E-state index in [1.165, 1.54) is 12.1 Å². The lowest BCUT2D eigenvalue weighted by atomic mass is 9.88. The highest BCUT2D eigenvalue weighted by molar-refractivity contribution is 9.10. The van der Waals surface area contributed by atoms with Crippen LogP contribution >= 0.6 is 15.9 Å². The van der Waals surface area contributed by atoms with Gasteiger partial charge in [-0.3, -0.25) is 0 Å². The summed E-state index contributed by atoms with van der Waals surface area (Å²) in [5.41, 5.74) is 0.844. The first kappa shape index (κ1) is 13.0. The maximum Gasteiger partial charge on any atom is 0.123 e. The van der Waals surface area contributed by atoms with Crippen LogP contribution < -0.4 is 5.32 Å². The van der Waals surface area contributed by atoms with Crippen molar-refractivity contribution in [2.24, 2.45) is 5.92 Å². The summed E-state index contributed by atoms with van der Waals surface area (Å²) in [7, 11) is 0. The van der Waals surface area contributed by atoms with Gasteiger partial charge in [0.05, 0.1) is 6.10 Å². The Morgan fingerprint density at radius 3 is 2.82 bits per heavy atom. The van der Waals surface area contributed by atoms with Crippen molar-refractivity contribution in [3.8, 4) is 0 Å². The number of aliphatic hydroxyl groups is 1. The molecule has 0 saturated carbocycles. The van der Waals surface area contributed by atoms with Gasteiger partial charge in [0.25, 0.3) is 0 Å². The highest BCUT2D eigenvalue weighted by atomic mass is 79.9. The average Bonchev–Trinajstić information content (AvgIpc) is 2.35. The van der Waals surface area contributed by atoms with Crippen molar-refractivity contribution in [3.63, 3.8) is 0 Å². The molecule has 0 spiro atoms. The highest BCUT2D eigenvalue weighted by Gasteiger charge is 2.22. The largest absolute Gasteiger partial charge is 0.392 e. The summed E-state index contributed by atoms with van der Waals surface area (Å²) in [4.78, 5) is 0. The number of nitrogens with one attached hydrogen (secondary N) is 1. The molecule has 0 bridgehead atoms. The van der Waals surface area contributed by atoms with E-state index in [0.717, 1.165) is 36.0 Å². The Morgan fingerprint density at radius 2 is 2.12 bits per heavy atom. The van der Waals surface area contributed by atoms with E-state index in [-0.39, 0.29) is 11.9 Å². The van der Waals surface area contributed by atoms with E-state index in [1.807, 2.05) is 0 Å². The lowest BCUT2D eigenvalue weighted by Gasteiger charge is -2.27. The smallest absolute Gasteiger partial charge is 0.123 e. The van der Waals surface area contributed by atoms with Gasteiger partial charge in [-0.05, 0) is 62.0 Å². The first-order valence-electron chi connectivity index (χ1n) is 5.99.